The molecule has 5 heteroatoms. The van der Waals surface area contributed by atoms with E-state index in [0.717, 1.165) is 29.9 Å². The predicted molar refractivity (Wildman–Crippen MR) is 69.2 cm³/mol. The largest absolute Gasteiger partial charge is 0.396 e. The third-order valence-electron chi connectivity index (χ3n) is 2.83. The number of nitrogens with two attached hydrogens (primary N) is 1. The van der Waals surface area contributed by atoms with Gasteiger partial charge in [-0.1, -0.05) is 19.9 Å². The second-order valence-corrected chi connectivity index (χ2v) is 3.92. The number of aromatic nitrogens is 3. The highest BCUT2D eigenvalue weighted by Crippen LogP contribution is 2.21. The van der Waals surface area contributed by atoms with Crippen LogP contribution in [0.1, 0.15) is 30.9 Å². The Morgan fingerprint density at radius 3 is 2.72 bits per heavy atom. The Morgan fingerprint density at radius 2 is 2.11 bits per heavy atom. The number of rotatable bonds is 3. The zero-order valence-corrected chi connectivity index (χ0v) is 10.5. The van der Waals surface area contributed by atoms with E-state index in [-0.39, 0.29) is 0 Å². The highest BCUT2D eigenvalue weighted by Gasteiger charge is 2.14. The van der Waals surface area contributed by atoms with Crippen LogP contribution in [0.5, 0.6) is 0 Å². The summed E-state index contributed by atoms with van der Waals surface area (Å²) in [5.74, 6) is 0.636. The molecular formula is C13H15N5. The van der Waals surface area contributed by atoms with Gasteiger partial charge in [-0.3, -0.25) is 0 Å². The highest BCUT2D eigenvalue weighted by molar-refractivity contribution is 5.51. The molecule has 0 atom stereocenters. The third-order valence-corrected chi connectivity index (χ3v) is 2.83. The topological polar surface area (TPSA) is 80.5 Å². The Kier molecular flexibility index (Phi) is 3.28. The number of nitrogens with zero attached hydrogens (tertiary/aromatic N) is 4. The lowest BCUT2D eigenvalue weighted by Gasteiger charge is -2.05. The van der Waals surface area contributed by atoms with Crippen molar-refractivity contribution in [1.29, 1.82) is 5.26 Å². The Labute approximate surface area is 106 Å². The van der Waals surface area contributed by atoms with Gasteiger partial charge in [0.25, 0.3) is 0 Å². The molecule has 0 saturated carbocycles. The second kappa shape index (κ2) is 4.88. The van der Waals surface area contributed by atoms with Crippen molar-refractivity contribution < 1.29 is 0 Å². The maximum atomic E-state index is 8.87. The van der Waals surface area contributed by atoms with Crippen LogP contribution in [0.3, 0.4) is 0 Å². The molecule has 0 spiro atoms. The van der Waals surface area contributed by atoms with E-state index in [1.54, 1.807) is 16.8 Å². The Hall–Kier alpha value is -2.35. The van der Waals surface area contributed by atoms with E-state index < -0.39 is 0 Å². The molecule has 0 aliphatic carbocycles. The van der Waals surface area contributed by atoms with E-state index in [0.29, 0.717) is 11.5 Å². The van der Waals surface area contributed by atoms with E-state index in [1.165, 1.54) is 0 Å². The first-order valence-electron chi connectivity index (χ1n) is 5.95. The van der Waals surface area contributed by atoms with E-state index in [4.69, 9.17) is 11.0 Å². The number of nitriles is 1. The molecule has 2 heterocycles. The summed E-state index contributed by atoms with van der Waals surface area (Å²) < 4.78 is 1.73. The summed E-state index contributed by atoms with van der Waals surface area (Å²) in [6.07, 6.45) is 1.56. The summed E-state index contributed by atoms with van der Waals surface area (Å²) in [5.41, 5.74) is 8.97. The van der Waals surface area contributed by atoms with Gasteiger partial charge in [-0.05, 0) is 25.0 Å². The van der Waals surface area contributed by atoms with Crippen molar-refractivity contribution >= 4 is 5.69 Å². The summed E-state index contributed by atoms with van der Waals surface area (Å²) in [5, 5.41) is 13.3. The van der Waals surface area contributed by atoms with Crippen molar-refractivity contribution in [2.24, 2.45) is 0 Å². The zero-order chi connectivity index (χ0) is 13.1. The Bertz CT molecular complexity index is 606. The fourth-order valence-electron chi connectivity index (χ4n) is 1.91. The Morgan fingerprint density at radius 1 is 1.33 bits per heavy atom. The molecule has 92 valence electrons. The molecule has 0 amide bonds. The minimum atomic E-state index is 0.377. The lowest BCUT2D eigenvalue weighted by Crippen LogP contribution is -2.05. The summed E-state index contributed by atoms with van der Waals surface area (Å²) >= 11 is 0. The summed E-state index contributed by atoms with van der Waals surface area (Å²) in [4.78, 5) is 4.24. The van der Waals surface area contributed by atoms with Crippen LogP contribution in [-0.4, -0.2) is 14.8 Å². The lowest BCUT2D eigenvalue weighted by molar-refractivity contribution is 0.771. The number of hydrogen-bond donors (Lipinski definition) is 1. The third kappa shape index (κ3) is 1.93. The van der Waals surface area contributed by atoms with Crippen molar-refractivity contribution in [3.05, 3.63) is 35.3 Å². The quantitative estimate of drug-likeness (QED) is 0.889. The molecule has 18 heavy (non-hydrogen) atoms. The minimum absolute atomic E-state index is 0.377. The van der Waals surface area contributed by atoms with Gasteiger partial charge in [0.2, 0.25) is 0 Å². The lowest BCUT2D eigenvalue weighted by atomic mass is 10.2. The zero-order valence-electron chi connectivity index (χ0n) is 10.5. The molecule has 0 unspecified atom stereocenters. The van der Waals surface area contributed by atoms with E-state index in [1.807, 2.05) is 26.0 Å². The fraction of sp³-hybridized carbons (Fsp3) is 0.308. The Balaban J connectivity index is 2.59. The minimum Gasteiger partial charge on any atom is -0.396 e. The van der Waals surface area contributed by atoms with E-state index in [9.17, 15) is 0 Å². The summed E-state index contributed by atoms with van der Waals surface area (Å²) in [6.45, 7) is 4.04. The molecular weight excluding hydrogens is 226 g/mol. The average molecular weight is 241 g/mol. The molecule has 2 aromatic heterocycles. The van der Waals surface area contributed by atoms with Gasteiger partial charge in [0.1, 0.15) is 11.8 Å². The average Bonchev–Trinajstić information content (AvgIpc) is 2.75. The number of hydrogen-bond acceptors (Lipinski definition) is 4. The standard InChI is InChI=1S/C13H15N5/c1-3-10-13(15)11(4-2)18(17-10)12-7-5-6-9(8-14)16-12/h5-7H,3-4,15H2,1-2H3. The van der Waals surface area contributed by atoms with Crippen molar-refractivity contribution in [1.82, 2.24) is 14.8 Å². The van der Waals surface area contributed by atoms with Gasteiger partial charge in [0.05, 0.1) is 17.1 Å². The van der Waals surface area contributed by atoms with Crippen molar-refractivity contribution in [2.45, 2.75) is 26.7 Å². The van der Waals surface area contributed by atoms with Crippen LogP contribution in [0, 0.1) is 11.3 Å². The molecule has 0 bridgehead atoms. The number of pyridine rings is 1. The summed E-state index contributed by atoms with van der Waals surface area (Å²) in [7, 11) is 0. The van der Waals surface area contributed by atoms with Gasteiger partial charge in [-0.15, -0.1) is 0 Å². The second-order valence-electron chi connectivity index (χ2n) is 3.92. The molecule has 2 aromatic rings. The van der Waals surface area contributed by atoms with Crippen LogP contribution in [-0.2, 0) is 12.8 Å². The van der Waals surface area contributed by atoms with E-state index in [2.05, 4.69) is 10.1 Å². The van der Waals surface area contributed by atoms with Crippen LogP contribution >= 0.6 is 0 Å². The van der Waals surface area contributed by atoms with Gasteiger partial charge in [0, 0.05) is 0 Å². The number of aryl methyl sites for hydroxylation is 1. The fourth-order valence-corrected chi connectivity index (χ4v) is 1.91. The predicted octanol–water partition coefficient (Wildman–Crippen LogP) is 1.85. The maximum Gasteiger partial charge on any atom is 0.155 e. The van der Waals surface area contributed by atoms with Crippen LogP contribution in [0.4, 0.5) is 5.69 Å². The first kappa shape index (κ1) is 12.1. The number of nitrogen functional groups attached to an aromatic ring is 1. The van der Waals surface area contributed by atoms with E-state index >= 15 is 0 Å². The molecule has 0 aliphatic heterocycles. The van der Waals surface area contributed by atoms with Crippen LogP contribution in [0.15, 0.2) is 18.2 Å². The first-order valence-corrected chi connectivity index (χ1v) is 5.95. The number of anilines is 1. The van der Waals surface area contributed by atoms with Crippen LogP contribution in [0.2, 0.25) is 0 Å². The summed E-state index contributed by atoms with van der Waals surface area (Å²) in [6, 6.07) is 7.32. The normalized spacial score (nSPS) is 10.3. The molecule has 5 nitrogen and oxygen atoms in total. The van der Waals surface area contributed by atoms with Crippen molar-refractivity contribution in [3.8, 4) is 11.9 Å². The van der Waals surface area contributed by atoms with Gasteiger partial charge in [0.15, 0.2) is 5.82 Å². The van der Waals surface area contributed by atoms with Crippen LogP contribution < -0.4 is 5.73 Å². The smallest absolute Gasteiger partial charge is 0.155 e. The SMILES string of the molecule is CCc1nn(-c2cccc(C#N)n2)c(CC)c1N. The van der Waals surface area contributed by atoms with Crippen LogP contribution in [0.25, 0.3) is 5.82 Å². The first-order chi connectivity index (χ1) is 8.71. The van der Waals surface area contributed by atoms with Gasteiger partial charge in [-0.2, -0.15) is 10.4 Å². The molecule has 2 N–H and O–H groups in total. The molecule has 2 rings (SSSR count). The van der Waals surface area contributed by atoms with Gasteiger partial charge >= 0.3 is 0 Å². The van der Waals surface area contributed by atoms with Crippen molar-refractivity contribution in [2.75, 3.05) is 5.73 Å². The molecule has 0 saturated heterocycles. The monoisotopic (exact) mass is 241 g/mol. The van der Waals surface area contributed by atoms with Gasteiger partial charge < -0.3 is 5.73 Å². The molecule has 0 aromatic carbocycles. The highest BCUT2D eigenvalue weighted by atomic mass is 15.3. The van der Waals surface area contributed by atoms with Gasteiger partial charge in [-0.25, -0.2) is 9.67 Å². The van der Waals surface area contributed by atoms with Crippen molar-refractivity contribution in [3.63, 3.8) is 0 Å². The molecule has 0 fully saturated rings. The molecule has 0 radical (unpaired) electrons. The molecule has 0 aliphatic rings. The maximum absolute atomic E-state index is 8.87.